The Kier molecular flexibility index (Phi) is 4.10. The number of nitrogens with zero attached hydrogens (tertiary/aromatic N) is 3. The zero-order valence-corrected chi connectivity index (χ0v) is 16.9. The Bertz CT molecular complexity index is 448. The lowest BCUT2D eigenvalue weighted by molar-refractivity contribution is -0.0734. The molecule has 3 saturated heterocycles. The van der Waals surface area contributed by atoms with E-state index in [1.165, 1.54) is 52.1 Å². The second kappa shape index (κ2) is 5.69. The molecule has 4 rings (SSSR count). The molecule has 3 aliphatic heterocycles. The van der Waals surface area contributed by atoms with E-state index in [9.17, 15) is 0 Å². The third-order valence-corrected chi connectivity index (χ3v) is 7.73. The minimum absolute atomic E-state index is 0.364. The highest BCUT2D eigenvalue weighted by atomic mass is 15.4. The van der Waals surface area contributed by atoms with Crippen molar-refractivity contribution in [3.05, 3.63) is 0 Å². The van der Waals surface area contributed by atoms with Crippen molar-refractivity contribution in [3.8, 4) is 0 Å². The molecule has 0 spiro atoms. The number of rotatable bonds is 2. The Morgan fingerprint density at radius 1 is 0.625 bits per heavy atom. The van der Waals surface area contributed by atoms with Crippen molar-refractivity contribution in [2.75, 3.05) is 39.3 Å². The van der Waals surface area contributed by atoms with Crippen LogP contribution in [-0.4, -0.2) is 71.6 Å². The van der Waals surface area contributed by atoms with Crippen LogP contribution in [0.5, 0.6) is 0 Å². The highest BCUT2D eigenvalue weighted by Gasteiger charge is 2.49. The van der Waals surface area contributed by atoms with Gasteiger partial charge in [0.1, 0.15) is 0 Å². The van der Waals surface area contributed by atoms with Crippen LogP contribution in [0.25, 0.3) is 0 Å². The second-order valence-corrected chi connectivity index (χ2v) is 11.3. The average Bonchev–Trinajstić information content (AvgIpc) is 2.84. The largest absolute Gasteiger partial charge is 0.298 e. The number of fused-ring (bicyclic) bond motifs is 1. The minimum Gasteiger partial charge on any atom is -0.298 e. The van der Waals surface area contributed by atoms with E-state index in [-0.39, 0.29) is 0 Å². The van der Waals surface area contributed by atoms with Gasteiger partial charge in [-0.1, -0.05) is 20.8 Å². The first-order valence-electron chi connectivity index (χ1n) is 10.3. The molecule has 1 saturated carbocycles. The quantitative estimate of drug-likeness (QED) is 0.768. The average molecular weight is 334 g/mol. The van der Waals surface area contributed by atoms with Gasteiger partial charge in [-0.3, -0.25) is 14.7 Å². The van der Waals surface area contributed by atoms with E-state index in [0.717, 1.165) is 29.8 Å². The fourth-order valence-corrected chi connectivity index (χ4v) is 5.49. The van der Waals surface area contributed by atoms with E-state index in [2.05, 4.69) is 56.2 Å². The molecule has 4 fully saturated rings. The zero-order valence-electron chi connectivity index (χ0n) is 16.9. The van der Waals surface area contributed by atoms with Crippen molar-refractivity contribution in [3.63, 3.8) is 0 Å². The van der Waals surface area contributed by atoms with Crippen molar-refractivity contribution >= 4 is 0 Å². The molecular weight excluding hydrogens is 294 g/mol. The summed E-state index contributed by atoms with van der Waals surface area (Å²) >= 11 is 0. The molecule has 0 radical (unpaired) electrons. The first kappa shape index (κ1) is 17.3. The van der Waals surface area contributed by atoms with Crippen LogP contribution >= 0.6 is 0 Å². The lowest BCUT2D eigenvalue weighted by Gasteiger charge is -2.56. The van der Waals surface area contributed by atoms with Crippen LogP contribution < -0.4 is 0 Å². The molecule has 0 N–H and O–H groups in total. The van der Waals surface area contributed by atoms with Crippen LogP contribution in [0.4, 0.5) is 0 Å². The topological polar surface area (TPSA) is 9.72 Å². The third-order valence-electron chi connectivity index (χ3n) is 7.73. The molecule has 2 atom stereocenters. The van der Waals surface area contributed by atoms with E-state index in [4.69, 9.17) is 0 Å². The SMILES string of the molecule is CC(C)(C)C1CN(C2CN(C3CC4CN(C(C)(C)C)CC4C3)C2)C1. The summed E-state index contributed by atoms with van der Waals surface area (Å²) in [6.07, 6.45) is 2.93. The molecule has 1 aliphatic carbocycles. The van der Waals surface area contributed by atoms with Gasteiger partial charge in [0.2, 0.25) is 0 Å². The van der Waals surface area contributed by atoms with E-state index in [0.29, 0.717) is 11.0 Å². The molecule has 3 heterocycles. The molecule has 0 aromatic carbocycles. The number of hydrogen-bond acceptors (Lipinski definition) is 3. The molecular formula is C21H39N3. The summed E-state index contributed by atoms with van der Waals surface area (Å²) in [6, 6.07) is 1.77. The Labute approximate surface area is 149 Å². The summed E-state index contributed by atoms with van der Waals surface area (Å²) in [7, 11) is 0. The van der Waals surface area contributed by atoms with E-state index >= 15 is 0 Å². The summed E-state index contributed by atoms with van der Waals surface area (Å²) in [5.74, 6) is 2.87. The van der Waals surface area contributed by atoms with E-state index < -0.39 is 0 Å². The molecule has 4 aliphatic rings. The molecule has 3 heteroatoms. The Morgan fingerprint density at radius 2 is 1.12 bits per heavy atom. The predicted molar refractivity (Wildman–Crippen MR) is 101 cm³/mol. The van der Waals surface area contributed by atoms with Crippen LogP contribution in [0.15, 0.2) is 0 Å². The maximum absolute atomic E-state index is 2.81. The van der Waals surface area contributed by atoms with Gasteiger partial charge in [0.15, 0.2) is 0 Å². The van der Waals surface area contributed by atoms with Gasteiger partial charge in [0, 0.05) is 56.9 Å². The van der Waals surface area contributed by atoms with E-state index in [1.807, 2.05) is 0 Å². The molecule has 0 aromatic rings. The highest BCUT2D eigenvalue weighted by Crippen LogP contribution is 2.44. The van der Waals surface area contributed by atoms with Gasteiger partial charge >= 0.3 is 0 Å². The Balaban J connectivity index is 1.21. The number of hydrogen-bond donors (Lipinski definition) is 0. The lowest BCUT2D eigenvalue weighted by Crippen LogP contribution is -2.68. The summed E-state index contributed by atoms with van der Waals surface area (Å²) in [5.41, 5.74) is 0.866. The Morgan fingerprint density at radius 3 is 1.58 bits per heavy atom. The van der Waals surface area contributed by atoms with Crippen LogP contribution in [-0.2, 0) is 0 Å². The normalized spacial score (nSPS) is 37.5. The number of likely N-dealkylation sites (tertiary alicyclic amines) is 3. The molecule has 3 nitrogen and oxygen atoms in total. The van der Waals surface area contributed by atoms with Gasteiger partial charge in [0.05, 0.1) is 0 Å². The molecule has 2 unspecified atom stereocenters. The van der Waals surface area contributed by atoms with Crippen molar-refractivity contribution < 1.29 is 0 Å². The van der Waals surface area contributed by atoms with Crippen molar-refractivity contribution in [1.82, 2.24) is 14.7 Å². The maximum atomic E-state index is 2.81. The third kappa shape index (κ3) is 3.05. The zero-order chi connectivity index (χ0) is 17.3. The summed E-state index contributed by atoms with van der Waals surface area (Å²) in [6.45, 7) is 22.4. The van der Waals surface area contributed by atoms with Crippen LogP contribution in [0.1, 0.15) is 54.4 Å². The van der Waals surface area contributed by atoms with Gasteiger partial charge in [0.25, 0.3) is 0 Å². The maximum Gasteiger partial charge on any atom is 0.0350 e. The first-order valence-corrected chi connectivity index (χ1v) is 10.3. The van der Waals surface area contributed by atoms with Crippen LogP contribution in [0.3, 0.4) is 0 Å². The lowest BCUT2D eigenvalue weighted by atomic mass is 9.75. The minimum atomic E-state index is 0.364. The molecule has 0 amide bonds. The standard InChI is InChI=1S/C21H39N3/c1-20(2,3)17-11-22(12-17)19-13-23(14-19)18-7-15-9-24(21(4,5)6)10-16(15)8-18/h15-19H,7-14H2,1-6H3. The van der Waals surface area contributed by atoms with Gasteiger partial charge in [-0.05, 0) is 56.8 Å². The fraction of sp³-hybridized carbons (Fsp3) is 1.00. The fourth-order valence-electron chi connectivity index (χ4n) is 5.49. The molecule has 0 bridgehead atoms. The van der Waals surface area contributed by atoms with Gasteiger partial charge in [-0.2, -0.15) is 0 Å². The van der Waals surface area contributed by atoms with Crippen molar-refractivity contribution in [2.45, 2.75) is 72.0 Å². The molecule has 138 valence electrons. The predicted octanol–water partition coefficient (Wildman–Crippen LogP) is 3.16. The summed E-state index contributed by atoms with van der Waals surface area (Å²) < 4.78 is 0. The van der Waals surface area contributed by atoms with Gasteiger partial charge in [-0.15, -0.1) is 0 Å². The molecule has 0 aromatic heterocycles. The van der Waals surface area contributed by atoms with E-state index in [1.54, 1.807) is 0 Å². The summed E-state index contributed by atoms with van der Waals surface area (Å²) in [5, 5.41) is 0. The Hall–Kier alpha value is -0.120. The van der Waals surface area contributed by atoms with Crippen molar-refractivity contribution in [1.29, 1.82) is 0 Å². The van der Waals surface area contributed by atoms with Crippen molar-refractivity contribution in [2.24, 2.45) is 23.2 Å². The molecule has 24 heavy (non-hydrogen) atoms. The van der Waals surface area contributed by atoms with Gasteiger partial charge in [-0.25, -0.2) is 0 Å². The van der Waals surface area contributed by atoms with Crippen LogP contribution in [0, 0.1) is 23.2 Å². The highest BCUT2D eigenvalue weighted by molar-refractivity contribution is 5.03. The van der Waals surface area contributed by atoms with Crippen LogP contribution in [0.2, 0.25) is 0 Å². The second-order valence-electron chi connectivity index (χ2n) is 11.3. The first-order chi connectivity index (χ1) is 11.1. The smallest absolute Gasteiger partial charge is 0.0350 e. The monoisotopic (exact) mass is 333 g/mol. The summed E-state index contributed by atoms with van der Waals surface area (Å²) in [4.78, 5) is 8.29. The van der Waals surface area contributed by atoms with Gasteiger partial charge < -0.3 is 0 Å².